The summed E-state index contributed by atoms with van der Waals surface area (Å²) in [5.74, 6) is -0.295. The maximum absolute atomic E-state index is 10.6. The molecule has 0 spiro atoms. The Morgan fingerprint density at radius 2 is 1.38 bits per heavy atom. The van der Waals surface area contributed by atoms with Gasteiger partial charge in [0.1, 0.15) is 0 Å². The van der Waals surface area contributed by atoms with Crippen molar-refractivity contribution in [1.82, 2.24) is 0 Å². The van der Waals surface area contributed by atoms with E-state index >= 15 is 0 Å². The van der Waals surface area contributed by atoms with Crippen LogP contribution in [-0.4, -0.2) is 12.6 Å². The molecule has 0 aromatic heterocycles. The minimum atomic E-state index is -0.295. The van der Waals surface area contributed by atoms with Crippen LogP contribution in [0.2, 0.25) is 0 Å². The van der Waals surface area contributed by atoms with E-state index < -0.39 is 0 Å². The van der Waals surface area contributed by atoms with E-state index in [2.05, 4.69) is 20.4 Å². The first-order valence-corrected chi connectivity index (χ1v) is 6.42. The van der Waals surface area contributed by atoms with E-state index in [1.54, 1.807) is 6.92 Å². The van der Waals surface area contributed by atoms with E-state index in [0.29, 0.717) is 12.2 Å². The molecule has 0 unspecified atom stereocenters. The summed E-state index contributed by atoms with van der Waals surface area (Å²) < 4.78 is 4.71. The van der Waals surface area contributed by atoms with Crippen molar-refractivity contribution >= 4 is 5.97 Å². The molecule has 0 saturated heterocycles. The van der Waals surface area contributed by atoms with Gasteiger partial charge in [0.15, 0.2) is 0 Å². The molecule has 0 aliphatic carbocycles. The predicted octanol–water partition coefficient (Wildman–Crippen LogP) is 4.98. The van der Waals surface area contributed by atoms with E-state index in [0.717, 1.165) is 6.42 Å². The minimum Gasteiger partial charge on any atom is -0.462 e. The van der Waals surface area contributed by atoms with Crippen LogP contribution in [0.1, 0.15) is 68.2 Å². The van der Waals surface area contributed by atoms with Gasteiger partial charge in [0.2, 0.25) is 0 Å². The average molecular weight is 232 g/mol. The quantitative estimate of drug-likeness (QED) is 0.506. The van der Waals surface area contributed by atoms with Gasteiger partial charge in [-0.1, -0.05) is 61.5 Å². The summed E-state index contributed by atoms with van der Waals surface area (Å²) in [5.41, 5.74) is 0.462. The van der Waals surface area contributed by atoms with Gasteiger partial charge in [-0.15, -0.1) is 0 Å². The van der Waals surface area contributed by atoms with Crippen molar-refractivity contribution in [3.05, 3.63) is 12.2 Å². The second-order valence-electron chi connectivity index (χ2n) is 2.62. The van der Waals surface area contributed by atoms with Crippen LogP contribution in [-0.2, 0) is 9.53 Å². The summed E-state index contributed by atoms with van der Waals surface area (Å²) in [5, 5.41) is 0. The predicted molar refractivity (Wildman–Crippen MR) is 74.7 cm³/mol. The van der Waals surface area contributed by atoms with E-state index in [4.69, 9.17) is 4.74 Å². The van der Waals surface area contributed by atoms with Gasteiger partial charge in [0, 0.05) is 5.57 Å². The Kier molecular flexibility index (Phi) is 44.7. The smallest absolute Gasteiger partial charge is 0.333 e. The summed E-state index contributed by atoms with van der Waals surface area (Å²) in [6.45, 7) is 19.8. The summed E-state index contributed by atoms with van der Waals surface area (Å²) in [6, 6.07) is 0. The Bertz CT molecular complexity index is 129. The fraction of sp³-hybridized carbons (Fsp3) is 0.786. The summed E-state index contributed by atoms with van der Waals surface area (Å²) >= 11 is 0. The Hall–Kier alpha value is -0.790. The summed E-state index contributed by atoms with van der Waals surface area (Å²) in [4.78, 5) is 10.6. The molecule has 0 rings (SSSR count). The van der Waals surface area contributed by atoms with Crippen LogP contribution in [0.5, 0.6) is 0 Å². The third-order valence-electron chi connectivity index (χ3n) is 0.786. The van der Waals surface area contributed by atoms with Crippen LogP contribution in [0.15, 0.2) is 12.2 Å². The molecule has 0 heterocycles. The number of carbonyl (C=O) groups excluding carboxylic acids is 1. The summed E-state index contributed by atoms with van der Waals surface area (Å²) in [7, 11) is 0. The molecule has 0 atom stereocenters. The molecule has 0 N–H and O–H groups in total. The van der Waals surface area contributed by atoms with Crippen LogP contribution in [0.3, 0.4) is 0 Å². The van der Waals surface area contributed by atoms with Crippen LogP contribution in [0.4, 0.5) is 0 Å². The van der Waals surface area contributed by atoms with Crippen LogP contribution in [0, 0.1) is 0 Å². The number of hydrogen-bond donors (Lipinski definition) is 0. The Labute approximate surface area is 103 Å². The fourth-order valence-corrected chi connectivity index (χ4v) is 0.318. The highest BCUT2D eigenvalue weighted by molar-refractivity contribution is 5.86. The molecule has 0 aromatic rings. The molecule has 0 aromatic carbocycles. The highest BCUT2D eigenvalue weighted by Crippen LogP contribution is 1.91. The van der Waals surface area contributed by atoms with E-state index in [-0.39, 0.29) is 5.97 Å². The van der Waals surface area contributed by atoms with Crippen molar-refractivity contribution in [3.8, 4) is 0 Å². The standard InChI is InChI=1S/C7H12O2.C3H8.2C2H6/c1-4-5-9-7(8)6(2)3;1-3-2;2*1-2/h2,4-5H2,1,3H3;3H2,1-2H3;2*1-2H3. The normalized spacial score (nSPS) is 6.75. The minimum absolute atomic E-state index is 0.295. The second kappa shape index (κ2) is 29.2. The van der Waals surface area contributed by atoms with E-state index in [1.807, 2.05) is 34.6 Å². The molecule has 100 valence electrons. The SMILES string of the molecule is C=C(C)C(=O)OCCC.CC.CC.CCC. The third-order valence-corrected chi connectivity index (χ3v) is 0.786. The molecule has 0 saturated carbocycles. The highest BCUT2D eigenvalue weighted by Gasteiger charge is 1.99. The molecule has 2 heteroatoms. The Morgan fingerprint density at radius 3 is 1.56 bits per heavy atom. The summed E-state index contributed by atoms with van der Waals surface area (Å²) in [6.07, 6.45) is 2.11. The van der Waals surface area contributed by atoms with Crippen molar-refractivity contribution in [2.24, 2.45) is 0 Å². The molecule has 0 amide bonds. The number of rotatable bonds is 3. The topological polar surface area (TPSA) is 26.3 Å². The Balaban J connectivity index is -0.0000000864. The van der Waals surface area contributed by atoms with Crippen molar-refractivity contribution in [3.63, 3.8) is 0 Å². The molecule has 0 aliphatic heterocycles. The molecule has 0 aliphatic rings. The number of esters is 1. The molecular formula is C14H32O2. The maximum atomic E-state index is 10.6. The van der Waals surface area contributed by atoms with Crippen molar-refractivity contribution in [2.45, 2.75) is 68.2 Å². The first-order valence-electron chi connectivity index (χ1n) is 6.42. The Morgan fingerprint density at radius 1 is 1.06 bits per heavy atom. The van der Waals surface area contributed by atoms with Crippen molar-refractivity contribution in [2.75, 3.05) is 6.61 Å². The lowest BCUT2D eigenvalue weighted by Crippen LogP contribution is -2.04. The van der Waals surface area contributed by atoms with Gasteiger partial charge >= 0.3 is 5.97 Å². The fourth-order valence-electron chi connectivity index (χ4n) is 0.318. The highest BCUT2D eigenvalue weighted by atomic mass is 16.5. The van der Waals surface area contributed by atoms with Gasteiger partial charge in [-0.2, -0.15) is 0 Å². The zero-order valence-corrected chi connectivity index (χ0v) is 12.6. The number of hydrogen-bond acceptors (Lipinski definition) is 2. The van der Waals surface area contributed by atoms with Gasteiger partial charge in [-0.05, 0) is 13.3 Å². The van der Waals surface area contributed by atoms with E-state index in [9.17, 15) is 4.79 Å². The molecular weight excluding hydrogens is 200 g/mol. The molecule has 0 radical (unpaired) electrons. The number of ether oxygens (including phenoxy) is 1. The van der Waals surface area contributed by atoms with Crippen LogP contribution >= 0.6 is 0 Å². The third kappa shape index (κ3) is 37.9. The van der Waals surface area contributed by atoms with Gasteiger partial charge < -0.3 is 4.74 Å². The maximum Gasteiger partial charge on any atom is 0.333 e. The van der Waals surface area contributed by atoms with Gasteiger partial charge in [0.05, 0.1) is 6.61 Å². The lowest BCUT2D eigenvalue weighted by atomic mass is 10.4. The monoisotopic (exact) mass is 232 g/mol. The first-order chi connectivity index (χ1) is 7.59. The molecule has 0 fully saturated rings. The first kappa shape index (κ1) is 24.4. The zero-order valence-electron chi connectivity index (χ0n) is 12.6. The van der Waals surface area contributed by atoms with Crippen molar-refractivity contribution in [1.29, 1.82) is 0 Å². The molecule has 16 heavy (non-hydrogen) atoms. The molecule has 2 nitrogen and oxygen atoms in total. The lowest BCUT2D eigenvalue weighted by Gasteiger charge is -1.99. The molecule has 0 bridgehead atoms. The zero-order chi connectivity index (χ0) is 14.0. The van der Waals surface area contributed by atoms with Gasteiger partial charge in [0.25, 0.3) is 0 Å². The van der Waals surface area contributed by atoms with Gasteiger partial charge in [-0.3, -0.25) is 0 Å². The largest absolute Gasteiger partial charge is 0.462 e. The van der Waals surface area contributed by atoms with Crippen LogP contribution < -0.4 is 0 Å². The van der Waals surface area contributed by atoms with Crippen LogP contribution in [0.25, 0.3) is 0 Å². The van der Waals surface area contributed by atoms with E-state index in [1.165, 1.54) is 6.42 Å². The van der Waals surface area contributed by atoms with Crippen molar-refractivity contribution < 1.29 is 9.53 Å². The average Bonchev–Trinajstić information content (AvgIpc) is 2.32. The number of carbonyl (C=O) groups is 1. The second-order valence-corrected chi connectivity index (χ2v) is 2.62. The lowest BCUT2D eigenvalue weighted by molar-refractivity contribution is -0.138. The van der Waals surface area contributed by atoms with Gasteiger partial charge in [-0.25, -0.2) is 4.79 Å².